The summed E-state index contributed by atoms with van der Waals surface area (Å²) >= 11 is 0. The largest absolute Gasteiger partial charge is 0.478 e. The Bertz CT molecular complexity index is 456. The van der Waals surface area contributed by atoms with Crippen molar-refractivity contribution in [2.45, 2.75) is 12.6 Å². The molecule has 0 radical (unpaired) electrons. The van der Waals surface area contributed by atoms with Gasteiger partial charge in [-0.15, -0.1) is 0 Å². The lowest BCUT2D eigenvalue weighted by molar-refractivity contribution is -0.140. The summed E-state index contributed by atoms with van der Waals surface area (Å²) in [7, 11) is 0. The van der Waals surface area contributed by atoms with Crippen LogP contribution in [0.4, 0.5) is 26.3 Å². The topological polar surface area (TPSA) is 50.2 Å². The lowest BCUT2D eigenvalue weighted by Gasteiger charge is -2.12. The van der Waals surface area contributed by atoms with E-state index in [0.717, 1.165) is 0 Å². The van der Waals surface area contributed by atoms with E-state index in [0.29, 0.717) is 0 Å². The third-order valence-electron chi connectivity index (χ3n) is 1.75. The number of nitrogens with zero attached hydrogens (tertiary/aromatic N) is 1. The normalized spacial score (nSPS) is 11.9. The number of hydrogen-bond acceptors (Lipinski definition) is 2. The molecular weight excluding hydrogens is 256 g/mol. The van der Waals surface area contributed by atoms with Gasteiger partial charge < -0.3 is 5.11 Å². The molecule has 0 amide bonds. The van der Waals surface area contributed by atoms with Crippen LogP contribution in [0.3, 0.4) is 0 Å². The summed E-state index contributed by atoms with van der Waals surface area (Å²) in [5.41, 5.74) is -5.21. The van der Waals surface area contributed by atoms with Crippen molar-refractivity contribution in [2.24, 2.45) is 0 Å². The number of pyridine rings is 1. The van der Waals surface area contributed by atoms with E-state index in [1.807, 2.05) is 0 Å². The Kier molecular flexibility index (Phi) is 3.30. The van der Waals surface area contributed by atoms with Crippen LogP contribution in [0.2, 0.25) is 0 Å². The number of carboxylic acid groups (broad SMARTS) is 1. The summed E-state index contributed by atoms with van der Waals surface area (Å²) in [5, 5.41) is 8.35. The highest BCUT2D eigenvalue weighted by atomic mass is 19.4. The number of rotatable bonds is 2. The first-order valence-electron chi connectivity index (χ1n) is 3.93. The summed E-state index contributed by atoms with van der Waals surface area (Å²) in [5.74, 6) is -3.91. The Morgan fingerprint density at radius 1 is 1.35 bits per heavy atom. The average molecular weight is 259 g/mol. The van der Waals surface area contributed by atoms with Gasteiger partial charge >= 0.3 is 12.1 Å². The van der Waals surface area contributed by atoms with Crippen molar-refractivity contribution in [2.75, 3.05) is 0 Å². The predicted molar refractivity (Wildman–Crippen MR) is 41.1 cm³/mol. The van der Waals surface area contributed by atoms with Crippen LogP contribution in [0.15, 0.2) is 6.07 Å². The van der Waals surface area contributed by atoms with E-state index in [2.05, 4.69) is 4.98 Å². The lowest BCUT2D eigenvalue weighted by Crippen LogP contribution is -2.15. The fourth-order valence-electron chi connectivity index (χ4n) is 1.05. The van der Waals surface area contributed by atoms with E-state index >= 15 is 0 Å². The molecule has 3 nitrogen and oxygen atoms in total. The SMILES string of the molecule is O=C(O)c1cc(C(F)(F)F)c(C(F)F)nc1F. The molecule has 0 aliphatic rings. The predicted octanol–water partition coefficient (Wildman–Crippen LogP) is 2.88. The fourth-order valence-corrected chi connectivity index (χ4v) is 1.05. The van der Waals surface area contributed by atoms with Crippen molar-refractivity contribution < 1.29 is 36.2 Å². The van der Waals surface area contributed by atoms with Crippen molar-refractivity contribution in [1.29, 1.82) is 0 Å². The van der Waals surface area contributed by atoms with E-state index in [1.165, 1.54) is 0 Å². The van der Waals surface area contributed by atoms with Gasteiger partial charge in [0.15, 0.2) is 0 Å². The van der Waals surface area contributed by atoms with E-state index in [1.54, 1.807) is 0 Å². The summed E-state index contributed by atoms with van der Waals surface area (Å²) in [6, 6.07) is -0.202. The van der Waals surface area contributed by atoms with E-state index in [9.17, 15) is 31.1 Å². The number of alkyl halides is 5. The lowest BCUT2D eigenvalue weighted by atomic mass is 10.1. The van der Waals surface area contributed by atoms with Crippen LogP contribution in [0.25, 0.3) is 0 Å². The Morgan fingerprint density at radius 3 is 2.24 bits per heavy atom. The van der Waals surface area contributed by atoms with Crippen LogP contribution in [-0.4, -0.2) is 16.1 Å². The second kappa shape index (κ2) is 4.22. The molecular formula is C8H3F6NO2. The molecule has 0 saturated heterocycles. The van der Waals surface area contributed by atoms with Crippen LogP contribution in [0, 0.1) is 5.95 Å². The molecule has 0 saturated carbocycles. The number of aromatic carboxylic acids is 1. The number of aromatic nitrogens is 1. The molecule has 0 unspecified atom stereocenters. The number of halogens is 6. The van der Waals surface area contributed by atoms with Gasteiger partial charge in [0.05, 0.1) is 5.56 Å². The minimum absolute atomic E-state index is 0.202. The maximum atomic E-state index is 12.8. The van der Waals surface area contributed by atoms with Crippen LogP contribution >= 0.6 is 0 Å². The smallest absolute Gasteiger partial charge is 0.418 e. The van der Waals surface area contributed by atoms with Crippen molar-refractivity contribution in [3.05, 3.63) is 28.8 Å². The van der Waals surface area contributed by atoms with E-state index in [-0.39, 0.29) is 6.07 Å². The van der Waals surface area contributed by atoms with E-state index < -0.39 is 41.3 Å². The third kappa shape index (κ3) is 2.66. The highest BCUT2D eigenvalue weighted by molar-refractivity contribution is 5.87. The molecule has 0 aliphatic heterocycles. The number of hydrogen-bond donors (Lipinski definition) is 1. The van der Waals surface area contributed by atoms with Gasteiger partial charge in [-0.3, -0.25) is 0 Å². The molecule has 9 heteroatoms. The zero-order chi connectivity index (χ0) is 13.4. The van der Waals surface area contributed by atoms with Gasteiger partial charge in [-0.1, -0.05) is 0 Å². The molecule has 1 heterocycles. The molecule has 1 aromatic rings. The van der Waals surface area contributed by atoms with Crippen molar-refractivity contribution in [3.8, 4) is 0 Å². The molecule has 17 heavy (non-hydrogen) atoms. The Balaban J connectivity index is 3.54. The average Bonchev–Trinajstić information content (AvgIpc) is 2.14. The van der Waals surface area contributed by atoms with Crippen LogP contribution in [0.5, 0.6) is 0 Å². The molecule has 0 bridgehead atoms. The van der Waals surface area contributed by atoms with Crippen LogP contribution < -0.4 is 0 Å². The summed E-state index contributed by atoms with van der Waals surface area (Å²) in [6.07, 6.45) is -8.90. The van der Waals surface area contributed by atoms with Crippen molar-refractivity contribution >= 4 is 5.97 Å². The summed E-state index contributed by atoms with van der Waals surface area (Å²) in [4.78, 5) is 12.7. The monoisotopic (exact) mass is 259 g/mol. The Morgan fingerprint density at radius 2 is 1.88 bits per heavy atom. The van der Waals surface area contributed by atoms with Crippen LogP contribution in [0.1, 0.15) is 28.0 Å². The third-order valence-corrected chi connectivity index (χ3v) is 1.75. The fraction of sp³-hybridized carbons (Fsp3) is 0.250. The molecule has 1 aromatic heterocycles. The first-order valence-corrected chi connectivity index (χ1v) is 3.93. The molecule has 1 rings (SSSR count). The maximum absolute atomic E-state index is 12.8. The first-order chi connectivity index (χ1) is 7.64. The van der Waals surface area contributed by atoms with Gasteiger partial charge in [-0.2, -0.15) is 17.6 Å². The summed E-state index contributed by atoms with van der Waals surface area (Å²) < 4.78 is 74.1. The molecule has 1 N–H and O–H groups in total. The summed E-state index contributed by atoms with van der Waals surface area (Å²) in [6.45, 7) is 0. The second-order valence-electron chi connectivity index (χ2n) is 2.86. The quantitative estimate of drug-likeness (QED) is 0.656. The van der Waals surface area contributed by atoms with Crippen molar-refractivity contribution in [1.82, 2.24) is 4.98 Å². The standard InChI is InChI=1S/C8H3F6NO2/c9-5(10)4-3(8(12,13)14)1-2(7(16)17)6(11)15-4/h1,5H,(H,16,17). The minimum Gasteiger partial charge on any atom is -0.478 e. The molecule has 0 fully saturated rings. The zero-order valence-corrected chi connectivity index (χ0v) is 7.73. The molecule has 0 aromatic carbocycles. The molecule has 94 valence electrons. The van der Waals surface area contributed by atoms with Gasteiger partial charge in [0, 0.05) is 0 Å². The van der Waals surface area contributed by atoms with Gasteiger partial charge in [0.25, 0.3) is 6.43 Å². The van der Waals surface area contributed by atoms with Crippen LogP contribution in [-0.2, 0) is 6.18 Å². The van der Waals surface area contributed by atoms with Crippen molar-refractivity contribution in [3.63, 3.8) is 0 Å². The van der Waals surface area contributed by atoms with Gasteiger partial charge in [-0.05, 0) is 6.07 Å². The molecule has 0 atom stereocenters. The highest BCUT2D eigenvalue weighted by Gasteiger charge is 2.38. The van der Waals surface area contributed by atoms with Gasteiger partial charge in [0.2, 0.25) is 5.95 Å². The van der Waals surface area contributed by atoms with Gasteiger partial charge in [-0.25, -0.2) is 18.6 Å². The minimum atomic E-state index is -5.24. The Labute approximate surface area is 89.7 Å². The van der Waals surface area contributed by atoms with E-state index in [4.69, 9.17) is 5.11 Å². The molecule has 0 aliphatic carbocycles. The highest BCUT2D eigenvalue weighted by Crippen LogP contribution is 2.36. The second-order valence-corrected chi connectivity index (χ2v) is 2.86. The first kappa shape index (κ1) is 13.3. The zero-order valence-electron chi connectivity index (χ0n) is 7.73. The number of carboxylic acids is 1. The van der Waals surface area contributed by atoms with Gasteiger partial charge in [0.1, 0.15) is 11.3 Å². The maximum Gasteiger partial charge on any atom is 0.418 e. The molecule has 0 spiro atoms. The number of carbonyl (C=O) groups is 1. The Hall–Kier alpha value is -1.80.